The molecule has 0 spiro atoms. The zero-order valence-electron chi connectivity index (χ0n) is 11.9. The van der Waals surface area contributed by atoms with Crippen LogP contribution >= 0.6 is 11.6 Å². The molecule has 104 valence electrons. The van der Waals surface area contributed by atoms with E-state index >= 15 is 0 Å². The molecule has 0 amide bonds. The predicted molar refractivity (Wildman–Crippen MR) is 84.3 cm³/mol. The van der Waals surface area contributed by atoms with Crippen LogP contribution < -0.4 is 4.90 Å². The molecule has 1 aromatic heterocycles. The Morgan fingerprint density at radius 2 is 2.05 bits per heavy atom. The molecule has 0 radical (unpaired) electrons. The van der Waals surface area contributed by atoms with Crippen LogP contribution in [-0.2, 0) is 0 Å². The summed E-state index contributed by atoms with van der Waals surface area (Å²) < 4.78 is 0. The molecule has 2 rings (SSSR count). The molecule has 1 heterocycles. The number of unbranched alkanes of at least 4 members (excludes halogenated alkanes) is 1. The van der Waals surface area contributed by atoms with Crippen molar-refractivity contribution in [3.05, 3.63) is 35.0 Å². The average Bonchev–Trinajstić information content (AvgIpc) is 2.47. The van der Waals surface area contributed by atoms with Gasteiger partial charge in [-0.15, -0.1) is 0 Å². The van der Waals surface area contributed by atoms with Crippen LogP contribution in [0, 0.1) is 11.3 Å². The van der Waals surface area contributed by atoms with Gasteiger partial charge in [0.25, 0.3) is 0 Å². The Bertz CT molecular complexity index is 646. The number of benzene rings is 1. The zero-order valence-corrected chi connectivity index (χ0v) is 12.6. The quantitative estimate of drug-likeness (QED) is 0.766. The lowest BCUT2D eigenvalue weighted by molar-refractivity contribution is 0.733. The van der Waals surface area contributed by atoms with Gasteiger partial charge in [0.2, 0.25) is 0 Å². The second-order valence-electron chi connectivity index (χ2n) is 4.69. The summed E-state index contributed by atoms with van der Waals surface area (Å²) in [6, 6.07) is 10.0. The van der Waals surface area contributed by atoms with E-state index in [1.54, 1.807) is 0 Å². The number of anilines is 1. The van der Waals surface area contributed by atoms with E-state index < -0.39 is 0 Å². The van der Waals surface area contributed by atoms with Crippen LogP contribution in [0.25, 0.3) is 10.9 Å². The minimum atomic E-state index is 0.288. The van der Waals surface area contributed by atoms with Crippen molar-refractivity contribution in [2.45, 2.75) is 26.7 Å². The van der Waals surface area contributed by atoms with Crippen molar-refractivity contribution in [2.24, 2.45) is 0 Å². The molecular weight excluding hydrogens is 270 g/mol. The Morgan fingerprint density at radius 1 is 1.30 bits per heavy atom. The Morgan fingerprint density at radius 3 is 2.70 bits per heavy atom. The van der Waals surface area contributed by atoms with Crippen molar-refractivity contribution in [3.63, 3.8) is 0 Å². The number of nitriles is 1. The minimum Gasteiger partial charge on any atom is -0.370 e. The minimum absolute atomic E-state index is 0.288. The second-order valence-corrected chi connectivity index (χ2v) is 5.05. The van der Waals surface area contributed by atoms with Crippen molar-refractivity contribution in [2.75, 3.05) is 18.0 Å². The number of nitrogens with zero attached hydrogens (tertiary/aromatic N) is 3. The lowest BCUT2D eigenvalue weighted by Crippen LogP contribution is -2.25. The van der Waals surface area contributed by atoms with Crippen molar-refractivity contribution in [3.8, 4) is 6.07 Å². The number of rotatable bonds is 5. The number of pyridine rings is 1. The van der Waals surface area contributed by atoms with Crippen LogP contribution in [0.3, 0.4) is 0 Å². The first kappa shape index (κ1) is 14.6. The lowest BCUT2D eigenvalue weighted by Gasteiger charge is -2.25. The molecule has 0 saturated carbocycles. The van der Waals surface area contributed by atoms with Gasteiger partial charge in [0.1, 0.15) is 16.8 Å². The van der Waals surface area contributed by atoms with E-state index in [4.69, 9.17) is 11.6 Å². The summed E-state index contributed by atoms with van der Waals surface area (Å²) in [6.07, 6.45) is 2.21. The molecule has 3 nitrogen and oxygen atoms in total. The number of hydrogen-bond acceptors (Lipinski definition) is 3. The third-order valence-corrected chi connectivity index (χ3v) is 3.69. The molecular formula is C16H18ClN3. The lowest BCUT2D eigenvalue weighted by atomic mass is 10.1. The fourth-order valence-electron chi connectivity index (χ4n) is 2.37. The van der Waals surface area contributed by atoms with Crippen LogP contribution in [-0.4, -0.2) is 18.1 Å². The highest BCUT2D eigenvalue weighted by atomic mass is 35.5. The van der Waals surface area contributed by atoms with E-state index in [0.29, 0.717) is 5.56 Å². The van der Waals surface area contributed by atoms with Crippen molar-refractivity contribution in [1.29, 1.82) is 5.26 Å². The zero-order chi connectivity index (χ0) is 14.5. The standard InChI is InChI=1S/C16H18ClN3/c1-3-5-10-20(4-2)15-12-8-6-7-9-14(12)19-16(17)13(15)11-18/h6-9H,3-5,10H2,1-2H3. The van der Waals surface area contributed by atoms with E-state index in [1.165, 1.54) is 0 Å². The van der Waals surface area contributed by atoms with Gasteiger partial charge in [0, 0.05) is 18.5 Å². The Kier molecular flexibility index (Phi) is 4.81. The summed E-state index contributed by atoms with van der Waals surface area (Å²) in [5.74, 6) is 0. The molecule has 2 aromatic rings. The third-order valence-electron chi connectivity index (χ3n) is 3.41. The smallest absolute Gasteiger partial charge is 0.149 e. The molecule has 1 aromatic carbocycles. The maximum atomic E-state index is 9.43. The van der Waals surface area contributed by atoms with E-state index in [1.807, 2.05) is 24.3 Å². The van der Waals surface area contributed by atoms with Crippen molar-refractivity contribution < 1.29 is 0 Å². The summed E-state index contributed by atoms with van der Waals surface area (Å²) in [5, 5.41) is 10.7. The monoisotopic (exact) mass is 287 g/mol. The molecule has 0 aliphatic carbocycles. The normalized spacial score (nSPS) is 10.5. The van der Waals surface area contributed by atoms with Gasteiger partial charge in [-0.25, -0.2) is 4.98 Å². The van der Waals surface area contributed by atoms with Gasteiger partial charge in [-0.2, -0.15) is 5.26 Å². The highest BCUT2D eigenvalue weighted by molar-refractivity contribution is 6.31. The van der Waals surface area contributed by atoms with Gasteiger partial charge in [-0.3, -0.25) is 0 Å². The van der Waals surface area contributed by atoms with E-state index in [0.717, 1.165) is 42.5 Å². The molecule has 0 aliphatic rings. The summed E-state index contributed by atoms with van der Waals surface area (Å²) in [5.41, 5.74) is 2.23. The fraction of sp³-hybridized carbons (Fsp3) is 0.375. The average molecular weight is 288 g/mol. The largest absolute Gasteiger partial charge is 0.370 e. The maximum Gasteiger partial charge on any atom is 0.149 e. The number of halogens is 1. The molecule has 0 aliphatic heterocycles. The Labute approximate surface area is 124 Å². The van der Waals surface area contributed by atoms with Crippen LogP contribution in [0.2, 0.25) is 5.15 Å². The summed E-state index contributed by atoms with van der Waals surface area (Å²) in [4.78, 5) is 6.54. The molecule has 0 fully saturated rings. The number of aromatic nitrogens is 1. The Balaban J connectivity index is 2.67. The van der Waals surface area contributed by atoms with Crippen molar-refractivity contribution in [1.82, 2.24) is 4.98 Å². The van der Waals surface area contributed by atoms with Crippen LogP contribution in [0.15, 0.2) is 24.3 Å². The van der Waals surface area contributed by atoms with Gasteiger partial charge >= 0.3 is 0 Å². The van der Waals surface area contributed by atoms with Gasteiger partial charge in [0.05, 0.1) is 11.2 Å². The fourth-order valence-corrected chi connectivity index (χ4v) is 2.59. The first-order chi connectivity index (χ1) is 9.72. The number of fused-ring (bicyclic) bond motifs is 1. The van der Waals surface area contributed by atoms with E-state index in [9.17, 15) is 5.26 Å². The van der Waals surface area contributed by atoms with Gasteiger partial charge < -0.3 is 4.90 Å². The SMILES string of the molecule is CCCCN(CC)c1c(C#N)c(Cl)nc2ccccc12. The van der Waals surface area contributed by atoms with E-state index in [2.05, 4.69) is 29.8 Å². The number of para-hydroxylation sites is 1. The molecule has 0 N–H and O–H groups in total. The summed E-state index contributed by atoms with van der Waals surface area (Å²) in [6.45, 7) is 6.03. The molecule has 0 unspecified atom stereocenters. The predicted octanol–water partition coefficient (Wildman–Crippen LogP) is 4.39. The topological polar surface area (TPSA) is 39.9 Å². The van der Waals surface area contributed by atoms with Crippen LogP contribution in [0.5, 0.6) is 0 Å². The van der Waals surface area contributed by atoms with Gasteiger partial charge in [-0.1, -0.05) is 43.1 Å². The maximum absolute atomic E-state index is 9.43. The highest BCUT2D eigenvalue weighted by Gasteiger charge is 2.18. The van der Waals surface area contributed by atoms with Crippen LogP contribution in [0.4, 0.5) is 5.69 Å². The van der Waals surface area contributed by atoms with E-state index in [-0.39, 0.29) is 5.15 Å². The van der Waals surface area contributed by atoms with Crippen molar-refractivity contribution >= 4 is 28.2 Å². The second kappa shape index (κ2) is 6.58. The van der Waals surface area contributed by atoms with Gasteiger partial charge in [0.15, 0.2) is 0 Å². The number of hydrogen-bond donors (Lipinski definition) is 0. The molecule has 0 atom stereocenters. The summed E-state index contributed by atoms with van der Waals surface area (Å²) in [7, 11) is 0. The molecule has 4 heteroatoms. The first-order valence-corrected chi connectivity index (χ1v) is 7.34. The van der Waals surface area contributed by atoms with Crippen LogP contribution in [0.1, 0.15) is 32.3 Å². The molecule has 0 saturated heterocycles. The summed E-state index contributed by atoms with van der Waals surface area (Å²) >= 11 is 6.18. The van der Waals surface area contributed by atoms with Gasteiger partial charge in [-0.05, 0) is 19.4 Å². The molecule has 0 bridgehead atoms. The third kappa shape index (κ3) is 2.71. The molecule has 20 heavy (non-hydrogen) atoms. The first-order valence-electron chi connectivity index (χ1n) is 6.96. The Hall–Kier alpha value is -1.79. The highest BCUT2D eigenvalue weighted by Crippen LogP contribution is 2.33.